The Hall–Kier alpha value is -0.390. The largest absolute Gasteiger partial charge is 0.339 e. The van der Waals surface area contributed by atoms with Crippen LogP contribution < -0.4 is 5.73 Å². The van der Waals surface area contributed by atoms with Crippen LogP contribution in [0.25, 0.3) is 0 Å². The maximum absolute atomic E-state index is 12.2. The van der Waals surface area contributed by atoms with Crippen molar-refractivity contribution in [3.8, 4) is 0 Å². The molecular weight excluding hydrogens is 300 g/mol. The zero-order valence-corrected chi connectivity index (χ0v) is 12.3. The lowest BCUT2D eigenvalue weighted by Crippen LogP contribution is -2.41. The SMILES string of the molecule is CN(C(=O)c1csc(Br)c1)C1CCC(N)CC1. The van der Waals surface area contributed by atoms with E-state index in [0.29, 0.717) is 12.1 Å². The summed E-state index contributed by atoms with van der Waals surface area (Å²) in [6.07, 6.45) is 4.09. The van der Waals surface area contributed by atoms with E-state index < -0.39 is 0 Å². The Morgan fingerprint density at radius 3 is 2.65 bits per heavy atom. The molecule has 0 atom stereocenters. The lowest BCUT2D eigenvalue weighted by Gasteiger charge is -2.33. The molecule has 1 aromatic rings. The number of rotatable bonds is 2. The van der Waals surface area contributed by atoms with Crippen LogP contribution in [-0.2, 0) is 0 Å². The second-order valence-electron chi connectivity index (χ2n) is 4.62. The second-order valence-corrected chi connectivity index (χ2v) is 6.91. The molecule has 1 amide bonds. The minimum absolute atomic E-state index is 0.118. The topological polar surface area (TPSA) is 46.3 Å². The van der Waals surface area contributed by atoms with Gasteiger partial charge in [-0.3, -0.25) is 4.79 Å². The fourth-order valence-electron chi connectivity index (χ4n) is 2.28. The van der Waals surface area contributed by atoms with Gasteiger partial charge in [0.25, 0.3) is 5.91 Å². The quantitative estimate of drug-likeness (QED) is 0.912. The number of halogens is 1. The Bertz CT molecular complexity index is 399. The van der Waals surface area contributed by atoms with E-state index >= 15 is 0 Å². The van der Waals surface area contributed by atoms with Gasteiger partial charge in [-0.1, -0.05) is 0 Å². The summed E-state index contributed by atoms with van der Waals surface area (Å²) in [6, 6.07) is 2.56. The monoisotopic (exact) mass is 316 g/mol. The number of nitrogens with zero attached hydrogens (tertiary/aromatic N) is 1. The van der Waals surface area contributed by atoms with E-state index in [1.807, 2.05) is 23.4 Å². The molecule has 0 radical (unpaired) electrons. The molecule has 1 fully saturated rings. The molecule has 1 saturated carbocycles. The molecule has 94 valence electrons. The Balaban J connectivity index is 2.00. The Kier molecular flexibility index (Phi) is 4.22. The van der Waals surface area contributed by atoms with Gasteiger partial charge in [-0.25, -0.2) is 0 Å². The van der Waals surface area contributed by atoms with Gasteiger partial charge in [-0.15, -0.1) is 11.3 Å². The molecule has 1 aliphatic carbocycles. The molecule has 0 bridgehead atoms. The average molecular weight is 317 g/mol. The average Bonchev–Trinajstić information content (AvgIpc) is 2.75. The van der Waals surface area contributed by atoms with Gasteiger partial charge in [0.2, 0.25) is 0 Å². The van der Waals surface area contributed by atoms with Crippen molar-refractivity contribution in [2.45, 2.75) is 37.8 Å². The molecule has 0 unspecified atom stereocenters. The van der Waals surface area contributed by atoms with Crippen molar-refractivity contribution in [2.75, 3.05) is 7.05 Å². The Morgan fingerprint density at radius 2 is 2.12 bits per heavy atom. The van der Waals surface area contributed by atoms with Crippen LogP contribution in [0.15, 0.2) is 15.2 Å². The van der Waals surface area contributed by atoms with Gasteiger partial charge < -0.3 is 10.6 Å². The number of hydrogen-bond acceptors (Lipinski definition) is 3. The fourth-order valence-corrected chi connectivity index (χ4v) is 3.41. The summed E-state index contributed by atoms with van der Waals surface area (Å²) in [4.78, 5) is 14.1. The summed E-state index contributed by atoms with van der Waals surface area (Å²) in [6.45, 7) is 0. The van der Waals surface area contributed by atoms with Crippen molar-refractivity contribution in [3.63, 3.8) is 0 Å². The van der Waals surface area contributed by atoms with Crippen molar-refractivity contribution in [1.29, 1.82) is 0 Å². The van der Waals surface area contributed by atoms with Crippen LogP contribution in [-0.4, -0.2) is 29.9 Å². The van der Waals surface area contributed by atoms with Gasteiger partial charge in [-0.2, -0.15) is 0 Å². The van der Waals surface area contributed by atoms with Crippen molar-refractivity contribution in [3.05, 3.63) is 20.8 Å². The van der Waals surface area contributed by atoms with E-state index in [9.17, 15) is 4.79 Å². The first-order valence-electron chi connectivity index (χ1n) is 5.84. The van der Waals surface area contributed by atoms with Crippen LogP contribution in [0.2, 0.25) is 0 Å². The van der Waals surface area contributed by atoms with E-state index in [1.165, 1.54) is 0 Å². The third-order valence-corrected chi connectivity index (χ3v) is 4.93. The number of amides is 1. The molecule has 1 heterocycles. The smallest absolute Gasteiger partial charge is 0.254 e. The molecule has 5 heteroatoms. The van der Waals surface area contributed by atoms with Gasteiger partial charge >= 0.3 is 0 Å². The van der Waals surface area contributed by atoms with E-state index in [2.05, 4.69) is 15.9 Å². The van der Waals surface area contributed by atoms with E-state index in [0.717, 1.165) is 35.0 Å². The maximum atomic E-state index is 12.2. The molecule has 0 saturated heterocycles. The second kappa shape index (κ2) is 5.50. The third-order valence-electron chi connectivity index (χ3n) is 3.42. The standard InChI is InChI=1S/C12H17BrN2OS/c1-15(10-4-2-9(14)3-5-10)12(16)8-6-11(13)17-7-8/h6-7,9-10H,2-5,14H2,1H3. The van der Waals surface area contributed by atoms with E-state index in [1.54, 1.807) is 11.3 Å². The van der Waals surface area contributed by atoms with Crippen molar-refractivity contribution < 1.29 is 4.79 Å². The highest BCUT2D eigenvalue weighted by atomic mass is 79.9. The first-order valence-corrected chi connectivity index (χ1v) is 7.52. The van der Waals surface area contributed by atoms with Crippen LogP contribution in [0, 0.1) is 0 Å². The molecule has 2 rings (SSSR count). The summed E-state index contributed by atoms with van der Waals surface area (Å²) < 4.78 is 1.000. The molecule has 17 heavy (non-hydrogen) atoms. The number of hydrogen-bond donors (Lipinski definition) is 1. The van der Waals surface area contributed by atoms with Crippen LogP contribution in [0.5, 0.6) is 0 Å². The van der Waals surface area contributed by atoms with Crippen molar-refractivity contribution in [1.82, 2.24) is 4.90 Å². The number of thiophene rings is 1. The molecule has 0 spiro atoms. The molecule has 3 nitrogen and oxygen atoms in total. The minimum Gasteiger partial charge on any atom is -0.339 e. The highest BCUT2D eigenvalue weighted by Crippen LogP contribution is 2.25. The number of nitrogens with two attached hydrogens (primary N) is 1. The van der Waals surface area contributed by atoms with Crippen LogP contribution in [0.1, 0.15) is 36.0 Å². The summed E-state index contributed by atoms with van der Waals surface area (Å²) in [7, 11) is 1.90. The van der Waals surface area contributed by atoms with Crippen LogP contribution >= 0.6 is 27.3 Å². The molecule has 1 aromatic heterocycles. The zero-order chi connectivity index (χ0) is 12.4. The first-order chi connectivity index (χ1) is 8.08. The van der Waals surface area contributed by atoms with Gasteiger partial charge in [0.05, 0.1) is 9.35 Å². The van der Waals surface area contributed by atoms with E-state index in [4.69, 9.17) is 5.73 Å². The van der Waals surface area contributed by atoms with Crippen molar-refractivity contribution >= 4 is 33.2 Å². The summed E-state index contributed by atoms with van der Waals surface area (Å²) in [5, 5.41) is 1.90. The van der Waals surface area contributed by atoms with Crippen LogP contribution in [0.4, 0.5) is 0 Å². The summed E-state index contributed by atoms with van der Waals surface area (Å²) in [5.74, 6) is 0.118. The highest BCUT2D eigenvalue weighted by molar-refractivity contribution is 9.11. The maximum Gasteiger partial charge on any atom is 0.254 e. The number of carbonyl (C=O) groups excluding carboxylic acids is 1. The van der Waals surface area contributed by atoms with Gasteiger partial charge in [-0.05, 0) is 47.7 Å². The van der Waals surface area contributed by atoms with Gasteiger partial charge in [0.15, 0.2) is 0 Å². The minimum atomic E-state index is 0.118. The fraction of sp³-hybridized carbons (Fsp3) is 0.583. The molecule has 2 N–H and O–H groups in total. The first kappa shape index (κ1) is 13.1. The molecular formula is C12H17BrN2OS. The lowest BCUT2D eigenvalue weighted by atomic mass is 9.91. The molecule has 1 aliphatic rings. The third kappa shape index (κ3) is 3.09. The van der Waals surface area contributed by atoms with Crippen molar-refractivity contribution in [2.24, 2.45) is 5.73 Å². The molecule has 0 aromatic carbocycles. The highest BCUT2D eigenvalue weighted by Gasteiger charge is 2.25. The van der Waals surface area contributed by atoms with Gasteiger partial charge in [0, 0.05) is 24.5 Å². The Labute approximate surface area is 114 Å². The predicted octanol–water partition coefficient (Wildman–Crippen LogP) is 2.85. The summed E-state index contributed by atoms with van der Waals surface area (Å²) in [5.41, 5.74) is 6.66. The Morgan fingerprint density at radius 1 is 1.47 bits per heavy atom. The van der Waals surface area contributed by atoms with E-state index in [-0.39, 0.29) is 5.91 Å². The normalized spacial score (nSPS) is 24.6. The number of carbonyl (C=O) groups is 1. The van der Waals surface area contributed by atoms with Gasteiger partial charge in [0.1, 0.15) is 0 Å². The lowest BCUT2D eigenvalue weighted by molar-refractivity contribution is 0.0690. The predicted molar refractivity (Wildman–Crippen MR) is 74.3 cm³/mol. The summed E-state index contributed by atoms with van der Waals surface area (Å²) >= 11 is 4.93. The zero-order valence-electron chi connectivity index (χ0n) is 9.86. The van der Waals surface area contributed by atoms with Crippen LogP contribution in [0.3, 0.4) is 0 Å². The molecule has 0 aliphatic heterocycles.